The monoisotopic (exact) mass is 231 g/mol. The van der Waals surface area contributed by atoms with E-state index < -0.39 is 0 Å². The zero-order valence-electron chi connectivity index (χ0n) is 10.5. The molecule has 1 aromatic rings. The first-order valence-corrected chi connectivity index (χ1v) is 6.80. The molecule has 17 heavy (non-hydrogen) atoms. The minimum absolute atomic E-state index is 0.494. The van der Waals surface area contributed by atoms with Crippen molar-refractivity contribution >= 4 is 0 Å². The molecular formula is C15H21NO. The summed E-state index contributed by atoms with van der Waals surface area (Å²) >= 11 is 0. The van der Waals surface area contributed by atoms with Crippen molar-refractivity contribution in [3.8, 4) is 5.75 Å². The summed E-state index contributed by atoms with van der Waals surface area (Å²) in [6.45, 7) is 0. The van der Waals surface area contributed by atoms with Crippen molar-refractivity contribution in [1.82, 2.24) is 5.32 Å². The third-order valence-corrected chi connectivity index (χ3v) is 4.00. The first-order valence-electron chi connectivity index (χ1n) is 6.80. The highest BCUT2D eigenvalue weighted by Gasteiger charge is 2.28. The Morgan fingerprint density at radius 1 is 1.18 bits per heavy atom. The van der Waals surface area contributed by atoms with Crippen LogP contribution in [0.3, 0.4) is 0 Å². The maximum absolute atomic E-state index is 5.87. The molecule has 3 rings (SSSR count). The summed E-state index contributed by atoms with van der Waals surface area (Å²) in [6, 6.07) is 9.37. The summed E-state index contributed by atoms with van der Waals surface area (Å²) in [7, 11) is 2.08. The molecule has 1 N–H and O–H groups in total. The van der Waals surface area contributed by atoms with Crippen molar-refractivity contribution in [2.75, 3.05) is 7.05 Å². The molecule has 2 fully saturated rings. The van der Waals surface area contributed by atoms with Gasteiger partial charge in [-0.15, -0.1) is 0 Å². The van der Waals surface area contributed by atoms with E-state index in [4.69, 9.17) is 4.74 Å². The molecule has 0 heterocycles. The Hall–Kier alpha value is -1.02. The van der Waals surface area contributed by atoms with Gasteiger partial charge in [0.25, 0.3) is 0 Å². The Morgan fingerprint density at radius 3 is 2.82 bits per heavy atom. The first-order chi connectivity index (χ1) is 8.36. The van der Waals surface area contributed by atoms with Crippen LogP contribution in [0.2, 0.25) is 0 Å². The van der Waals surface area contributed by atoms with Crippen molar-refractivity contribution < 1.29 is 4.74 Å². The van der Waals surface area contributed by atoms with Gasteiger partial charge in [0.2, 0.25) is 0 Å². The summed E-state index contributed by atoms with van der Waals surface area (Å²) < 4.78 is 5.87. The lowest BCUT2D eigenvalue weighted by atomic mass is 9.94. The maximum Gasteiger partial charge on any atom is 0.120 e. The summed E-state index contributed by atoms with van der Waals surface area (Å²) in [6.07, 6.45) is 6.89. The van der Waals surface area contributed by atoms with E-state index >= 15 is 0 Å². The third-order valence-electron chi connectivity index (χ3n) is 4.00. The number of hydrogen-bond acceptors (Lipinski definition) is 2. The lowest BCUT2D eigenvalue weighted by Crippen LogP contribution is -2.27. The maximum atomic E-state index is 5.87. The Balaban J connectivity index is 1.76. The van der Waals surface area contributed by atoms with Gasteiger partial charge in [-0.3, -0.25) is 0 Å². The molecule has 0 aromatic heterocycles. The van der Waals surface area contributed by atoms with Gasteiger partial charge in [-0.1, -0.05) is 18.6 Å². The zero-order valence-corrected chi connectivity index (χ0v) is 10.5. The van der Waals surface area contributed by atoms with E-state index in [9.17, 15) is 0 Å². The van der Waals surface area contributed by atoms with Gasteiger partial charge in [-0.25, -0.2) is 0 Å². The molecule has 0 saturated heterocycles. The summed E-state index contributed by atoms with van der Waals surface area (Å²) in [5.41, 5.74) is 1.44. The molecule has 2 aliphatic rings. The van der Waals surface area contributed by atoms with Gasteiger partial charge in [0.1, 0.15) is 5.75 Å². The van der Waals surface area contributed by atoms with Crippen LogP contribution in [-0.2, 0) is 0 Å². The average molecular weight is 231 g/mol. The largest absolute Gasteiger partial charge is 0.490 e. The van der Waals surface area contributed by atoms with Crippen LogP contribution in [0.15, 0.2) is 24.3 Å². The van der Waals surface area contributed by atoms with Crippen molar-refractivity contribution in [1.29, 1.82) is 0 Å². The van der Waals surface area contributed by atoms with Crippen LogP contribution >= 0.6 is 0 Å². The van der Waals surface area contributed by atoms with Crippen LogP contribution in [0.4, 0.5) is 0 Å². The second kappa shape index (κ2) is 4.69. The lowest BCUT2D eigenvalue weighted by Gasteiger charge is -2.20. The topological polar surface area (TPSA) is 21.3 Å². The minimum Gasteiger partial charge on any atom is -0.490 e. The Kier molecular flexibility index (Phi) is 3.06. The molecule has 2 nitrogen and oxygen atoms in total. The molecule has 2 atom stereocenters. The second-order valence-electron chi connectivity index (χ2n) is 5.32. The first kappa shape index (κ1) is 11.1. The van der Waals surface area contributed by atoms with E-state index in [0.717, 1.165) is 5.75 Å². The lowest BCUT2D eigenvalue weighted by molar-refractivity contribution is 0.302. The van der Waals surface area contributed by atoms with E-state index in [1.165, 1.54) is 37.7 Å². The van der Waals surface area contributed by atoms with Gasteiger partial charge >= 0.3 is 0 Å². The molecule has 0 aliphatic heterocycles. The third kappa shape index (κ3) is 2.47. The SMILES string of the molecule is CNC1CCCC1c1cccc(OC2CC2)c1. The zero-order chi connectivity index (χ0) is 11.7. The predicted molar refractivity (Wildman–Crippen MR) is 69.5 cm³/mol. The summed E-state index contributed by atoms with van der Waals surface area (Å²) in [5, 5.41) is 3.44. The van der Waals surface area contributed by atoms with Crippen LogP contribution in [-0.4, -0.2) is 19.2 Å². The smallest absolute Gasteiger partial charge is 0.120 e. The highest BCUT2D eigenvalue weighted by molar-refractivity contribution is 5.32. The molecule has 0 spiro atoms. The van der Waals surface area contributed by atoms with Crippen molar-refractivity contribution in [3.05, 3.63) is 29.8 Å². The quantitative estimate of drug-likeness (QED) is 0.859. The molecule has 0 amide bonds. The van der Waals surface area contributed by atoms with E-state index in [-0.39, 0.29) is 0 Å². The fourth-order valence-corrected chi connectivity index (χ4v) is 2.90. The molecule has 0 bridgehead atoms. The molecule has 2 saturated carbocycles. The molecule has 1 aromatic carbocycles. The van der Waals surface area contributed by atoms with Crippen molar-refractivity contribution in [3.63, 3.8) is 0 Å². The van der Waals surface area contributed by atoms with Crippen LogP contribution in [0, 0.1) is 0 Å². The molecule has 2 heteroatoms. The fraction of sp³-hybridized carbons (Fsp3) is 0.600. The number of rotatable bonds is 4. The number of hydrogen-bond donors (Lipinski definition) is 1. The number of nitrogens with one attached hydrogen (secondary N) is 1. The minimum atomic E-state index is 0.494. The van der Waals surface area contributed by atoms with Crippen LogP contribution < -0.4 is 10.1 Å². The molecule has 92 valence electrons. The van der Waals surface area contributed by atoms with Gasteiger partial charge in [-0.2, -0.15) is 0 Å². The van der Waals surface area contributed by atoms with Gasteiger partial charge in [0, 0.05) is 6.04 Å². The molecule has 2 aliphatic carbocycles. The van der Waals surface area contributed by atoms with E-state index in [1.807, 2.05) is 0 Å². The van der Waals surface area contributed by atoms with E-state index in [1.54, 1.807) is 0 Å². The standard InChI is InChI=1S/C15H21NO/c1-16-15-7-3-6-14(15)11-4-2-5-13(10-11)17-12-8-9-12/h2,4-5,10,12,14-16H,3,6-9H2,1H3. The van der Waals surface area contributed by atoms with Crippen molar-refractivity contribution in [2.45, 2.75) is 50.2 Å². The van der Waals surface area contributed by atoms with Crippen LogP contribution in [0.25, 0.3) is 0 Å². The Labute approximate surface area is 103 Å². The molecule has 0 radical (unpaired) electrons. The average Bonchev–Trinajstić information content (AvgIpc) is 3.04. The number of benzene rings is 1. The van der Waals surface area contributed by atoms with E-state index in [2.05, 4.69) is 36.6 Å². The van der Waals surface area contributed by atoms with Gasteiger partial charge in [0.05, 0.1) is 6.10 Å². The van der Waals surface area contributed by atoms with Gasteiger partial charge < -0.3 is 10.1 Å². The summed E-state index contributed by atoms with van der Waals surface area (Å²) in [5.74, 6) is 1.73. The number of likely N-dealkylation sites (N-methyl/N-ethyl adjacent to an activating group) is 1. The second-order valence-corrected chi connectivity index (χ2v) is 5.32. The molecular weight excluding hydrogens is 210 g/mol. The predicted octanol–water partition coefficient (Wildman–Crippen LogP) is 3.08. The summed E-state index contributed by atoms with van der Waals surface area (Å²) in [4.78, 5) is 0. The van der Waals surface area contributed by atoms with Gasteiger partial charge in [-0.05, 0) is 56.3 Å². The highest BCUT2D eigenvalue weighted by Crippen LogP contribution is 2.36. The van der Waals surface area contributed by atoms with Crippen LogP contribution in [0.1, 0.15) is 43.6 Å². The normalized spacial score (nSPS) is 28.3. The van der Waals surface area contributed by atoms with Gasteiger partial charge in [0.15, 0.2) is 0 Å². The fourth-order valence-electron chi connectivity index (χ4n) is 2.90. The number of ether oxygens (including phenoxy) is 1. The van der Waals surface area contributed by atoms with Crippen molar-refractivity contribution in [2.24, 2.45) is 0 Å². The van der Waals surface area contributed by atoms with Crippen LogP contribution in [0.5, 0.6) is 5.75 Å². The van der Waals surface area contributed by atoms with E-state index in [0.29, 0.717) is 18.1 Å². The Morgan fingerprint density at radius 2 is 2.06 bits per heavy atom. The highest BCUT2D eigenvalue weighted by atomic mass is 16.5. The Bertz CT molecular complexity index is 386. The molecule has 2 unspecified atom stereocenters.